The van der Waals surface area contributed by atoms with E-state index in [1.807, 2.05) is 7.05 Å². The highest BCUT2D eigenvalue weighted by molar-refractivity contribution is 5.22. The molecular weight excluding hydrogens is 244 g/mol. The lowest BCUT2D eigenvalue weighted by Crippen LogP contribution is -2.20. The van der Waals surface area contributed by atoms with E-state index < -0.39 is 11.6 Å². The molecule has 1 aliphatic carbocycles. The fourth-order valence-electron chi connectivity index (χ4n) is 3.12. The van der Waals surface area contributed by atoms with Gasteiger partial charge in [-0.15, -0.1) is 0 Å². The molecule has 1 nitrogen and oxygen atoms in total. The topological polar surface area (TPSA) is 12.0 Å². The summed E-state index contributed by atoms with van der Waals surface area (Å²) in [5, 5.41) is 3.12. The Hall–Kier alpha value is -0.960. The van der Waals surface area contributed by atoms with Crippen molar-refractivity contribution in [1.82, 2.24) is 5.32 Å². The summed E-state index contributed by atoms with van der Waals surface area (Å²) < 4.78 is 27.1. The maximum atomic E-state index is 13.8. The molecule has 106 valence electrons. The second-order valence-corrected chi connectivity index (χ2v) is 5.57. The van der Waals surface area contributed by atoms with Crippen molar-refractivity contribution >= 4 is 0 Å². The molecule has 0 saturated heterocycles. The van der Waals surface area contributed by atoms with Gasteiger partial charge in [0.25, 0.3) is 0 Å². The SMILES string of the molecule is CNC(CCC1CCCCC1)c1cccc(F)c1F. The number of halogens is 2. The van der Waals surface area contributed by atoms with Crippen LogP contribution >= 0.6 is 0 Å². The number of hydrogen-bond donors (Lipinski definition) is 1. The third-order valence-corrected chi connectivity index (χ3v) is 4.29. The lowest BCUT2D eigenvalue weighted by Gasteiger charge is -2.24. The Morgan fingerprint density at radius 2 is 1.95 bits per heavy atom. The maximum Gasteiger partial charge on any atom is 0.163 e. The van der Waals surface area contributed by atoms with Gasteiger partial charge in [0.05, 0.1) is 0 Å². The fourth-order valence-corrected chi connectivity index (χ4v) is 3.12. The Morgan fingerprint density at radius 1 is 1.21 bits per heavy atom. The first-order chi connectivity index (χ1) is 9.22. The van der Waals surface area contributed by atoms with Crippen molar-refractivity contribution in [2.75, 3.05) is 7.05 Å². The summed E-state index contributed by atoms with van der Waals surface area (Å²) in [6.45, 7) is 0. The monoisotopic (exact) mass is 267 g/mol. The quantitative estimate of drug-likeness (QED) is 0.823. The molecule has 1 aromatic rings. The van der Waals surface area contributed by atoms with Gasteiger partial charge in [0, 0.05) is 11.6 Å². The number of rotatable bonds is 5. The van der Waals surface area contributed by atoms with Gasteiger partial charge in [0.1, 0.15) is 0 Å². The first-order valence-corrected chi connectivity index (χ1v) is 7.33. The molecule has 0 heterocycles. The second kappa shape index (κ2) is 6.99. The molecule has 0 spiro atoms. The lowest BCUT2D eigenvalue weighted by molar-refractivity contribution is 0.315. The van der Waals surface area contributed by atoms with Crippen LogP contribution < -0.4 is 5.32 Å². The van der Waals surface area contributed by atoms with Gasteiger partial charge in [-0.3, -0.25) is 0 Å². The van der Waals surface area contributed by atoms with Crippen LogP contribution in [0.25, 0.3) is 0 Å². The Morgan fingerprint density at radius 3 is 2.63 bits per heavy atom. The molecule has 1 aliphatic rings. The molecule has 0 bridgehead atoms. The van der Waals surface area contributed by atoms with E-state index in [9.17, 15) is 8.78 Å². The molecular formula is C16H23F2N. The summed E-state index contributed by atoms with van der Waals surface area (Å²) >= 11 is 0. The van der Waals surface area contributed by atoms with E-state index in [-0.39, 0.29) is 6.04 Å². The highest BCUT2D eigenvalue weighted by Crippen LogP contribution is 2.31. The van der Waals surface area contributed by atoms with Crippen LogP contribution in [0.2, 0.25) is 0 Å². The predicted molar refractivity (Wildman–Crippen MR) is 74.0 cm³/mol. The van der Waals surface area contributed by atoms with E-state index in [1.54, 1.807) is 12.1 Å². The van der Waals surface area contributed by atoms with Crippen molar-refractivity contribution in [3.63, 3.8) is 0 Å². The molecule has 1 N–H and O–H groups in total. The van der Waals surface area contributed by atoms with Crippen LogP contribution in [-0.4, -0.2) is 7.05 Å². The van der Waals surface area contributed by atoms with Crippen LogP contribution in [-0.2, 0) is 0 Å². The lowest BCUT2D eigenvalue weighted by atomic mass is 9.84. The Balaban J connectivity index is 1.97. The van der Waals surface area contributed by atoms with Crippen LogP contribution in [0.5, 0.6) is 0 Å². The summed E-state index contributed by atoms with van der Waals surface area (Å²) in [4.78, 5) is 0. The number of benzene rings is 1. The van der Waals surface area contributed by atoms with Crippen LogP contribution in [0.1, 0.15) is 56.6 Å². The van der Waals surface area contributed by atoms with Gasteiger partial charge in [-0.1, -0.05) is 44.2 Å². The highest BCUT2D eigenvalue weighted by Gasteiger charge is 2.19. The molecule has 2 rings (SSSR count). The molecule has 3 heteroatoms. The average Bonchev–Trinajstić information content (AvgIpc) is 2.45. The van der Waals surface area contributed by atoms with Crippen molar-refractivity contribution in [3.05, 3.63) is 35.4 Å². The largest absolute Gasteiger partial charge is 0.313 e. The number of nitrogens with one attached hydrogen (secondary N) is 1. The molecule has 19 heavy (non-hydrogen) atoms. The van der Waals surface area contributed by atoms with Gasteiger partial charge in [-0.05, 0) is 31.9 Å². The molecule has 1 fully saturated rings. The zero-order valence-corrected chi connectivity index (χ0v) is 11.6. The minimum atomic E-state index is -0.754. The van der Waals surface area contributed by atoms with Crippen molar-refractivity contribution in [2.24, 2.45) is 5.92 Å². The highest BCUT2D eigenvalue weighted by atomic mass is 19.2. The minimum absolute atomic E-state index is 0.0855. The van der Waals surface area contributed by atoms with Gasteiger partial charge in [-0.2, -0.15) is 0 Å². The molecule has 1 atom stereocenters. The van der Waals surface area contributed by atoms with Gasteiger partial charge in [-0.25, -0.2) is 8.78 Å². The first-order valence-electron chi connectivity index (χ1n) is 7.33. The first kappa shape index (κ1) is 14.4. The van der Waals surface area contributed by atoms with E-state index in [0.29, 0.717) is 5.56 Å². The van der Waals surface area contributed by atoms with E-state index in [0.717, 1.165) is 18.8 Å². The van der Waals surface area contributed by atoms with E-state index >= 15 is 0 Å². The molecule has 0 aliphatic heterocycles. The van der Waals surface area contributed by atoms with Crippen molar-refractivity contribution in [1.29, 1.82) is 0 Å². The summed E-state index contributed by atoms with van der Waals surface area (Å²) in [5.41, 5.74) is 0.457. The number of hydrogen-bond acceptors (Lipinski definition) is 1. The zero-order chi connectivity index (χ0) is 13.7. The van der Waals surface area contributed by atoms with Gasteiger partial charge >= 0.3 is 0 Å². The Bertz CT molecular complexity index is 400. The standard InChI is InChI=1S/C16H23F2N/c1-19-15(11-10-12-6-3-2-4-7-12)13-8-5-9-14(17)16(13)18/h5,8-9,12,15,19H,2-4,6-7,10-11H2,1H3. The Labute approximate surface area is 114 Å². The average molecular weight is 267 g/mol. The fraction of sp³-hybridized carbons (Fsp3) is 0.625. The summed E-state index contributed by atoms with van der Waals surface area (Å²) in [6.07, 6.45) is 8.56. The van der Waals surface area contributed by atoms with Gasteiger partial charge < -0.3 is 5.32 Å². The maximum absolute atomic E-state index is 13.8. The zero-order valence-electron chi connectivity index (χ0n) is 11.6. The molecule has 0 radical (unpaired) electrons. The third-order valence-electron chi connectivity index (χ3n) is 4.29. The predicted octanol–water partition coefficient (Wildman–Crippen LogP) is 4.59. The third kappa shape index (κ3) is 3.75. The minimum Gasteiger partial charge on any atom is -0.313 e. The smallest absolute Gasteiger partial charge is 0.163 e. The van der Waals surface area contributed by atoms with E-state index in [2.05, 4.69) is 5.32 Å². The van der Waals surface area contributed by atoms with E-state index in [4.69, 9.17) is 0 Å². The van der Waals surface area contributed by atoms with E-state index in [1.165, 1.54) is 38.2 Å². The molecule has 1 aromatic carbocycles. The van der Waals surface area contributed by atoms with Crippen molar-refractivity contribution in [3.8, 4) is 0 Å². The van der Waals surface area contributed by atoms with Crippen molar-refractivity contribution in [2.45, 2.75) is 51.0 Å². The van der Waals surface area contributed by atoms with Gasteiger partial charge in [0.15, 0.2) is 11.6 Å². The van der Waals surface area contributed by atoms with Gasteiger partial charge in [0.2, 0.25) is 0 Å². The van der Waals surface area contributed by atoms with Crippen LogP contribution in [0.4, 0.5) is 8.78 Å². The Kier molecular flexibility index (Phi) is 5.32. The van der Waals surface area contributed by atoms with Crippen molar-refractivity contribution < 1.29 is 8.78 Å². The molecule has 0 amide bonds. The van der Waals surface area contributed by atoms with Crippen LogP contribution in [0, 0.1) is 17.6 Å². The van der Waals surface area contributed by atoms with Crippen LogP contribution in [0.3, 0.4) is 0 Å². The summed E-state index contributed by atoms with van der Waals surface area (Å²) in [5.74, 6) is -0.692. The van der Waals surface area contributed by atoms with Crippen LogP contribution in [0.15, 0.2) is 18.2 Å². The second-order valence-electron chi connectivity index (χ2n) is 5.57. The normalized spacial score (nSPS) is 18.5. The summed E-state index contributed by atoms with van der Waals surface area (Å²) in [6, 6.07) is 4.35. The molecule has 1 unspecified atom stereocenters. The molecule has 0 aromatic heterocycles. The summed E-state index contributed by atoms with van der Waals surface area (Å²) in [7, 11) is 1.82. The molecule has 1 saturated carbocycles.